The van der Waals surface area contributed by atoms with E-state index in [1.54, 1.807) is 32.9 Å². The Morgan fingerprint density at radius 3 is 2.27 bits per heavy atom. The standard InChI is InChI=1S/C33H33F3O4S/c1-6-38-31(37)32(4,5)40-27-18-17-26(20-22(27)3)39-29(24-10-8-7-9-11-24)30-21(2)12-19-28(41-30)23-13-15-25(16-14-23)33(34,35)36/h7-11,13-20,29H,6,12H2,1-5H3. The number of esters is 1. The Labute approximate surface area is 243 Å². The van der Waals surface area contributed by atoms with Crippen molar-refractivity contribution < 1.29 is 32.2 Å². The lowest BCUT2D eigenvalue weighted by molar-refractivity contribution is -0.158. The van der Waals surface area contributed by atoms with Gasteiger partial charge in [-0.2, -0.15) is 13.2 Å². The maximum Gasteiger partial charge on any atom is 0.416 e. The van der Waals surface area contributed by atoms with E-state index in [0.717, 1.165) is 44.2 Å². The first-order chi connectivity index (χ1) is 19.4. The number of thioether (sulfide) groups is 1. The van der Waals surface area contributed by atoms with Crippen LogP contribution in [0.25, 0.3) is 4.91 Å². The first-order valence-corrected chi connectivity index (χ1v) is 14.1. The molecule has 3 aromatic rings. The summed E-state index contributed by atoms with van der Waals surface area (Å²) in [6.07, 6.45) is -2.13. The summed E-state index contributed by atoms with van der Waals surface area (Å²) in [5.74, 6) is 0.711. The third kappa shape index (κ3) is 7.36. The molecule has 1 aliphatic heterocycles. The predicted octanol–water partition coefficient (Wildman–Crippen LogP) is 9.31. The Kier molecular flexibility index (Phi) is 9.22. The second-order valence-corrected chi connectivity index (χ2v) is 11.3. The molecule has 0 amide bonds. The van der Waals surface area contributed by atoms with E-state index in [-0.39, 0.29) is 6.61 Å². The van der Waals surface area contributed by atoms with Crippen molar-refractivity contribution in [1.29, 1.82) is 0 Å². The predicted molar refractivity (Wildman–Crippen MR) is 157 cm³/mol. The van der Waals surface area contributed by atoms with Gasteiger partial charge in [0.2, 0.25) is 0 Å². The molecule has 41 heavy (non-hydrogen) atoms. The Bertz CT molecular complexity index is 1440. The van der Waals surface area contributed by atoms with E-state index in [9.17, 15) is 18.0 Å². The van der Waals surface area contributed by atoms with Crippen LogP contribution in [0.1, 0.15) is 62.5 Å². The number of hydrogen-bond donors (Lipinski definition) is 0. The smallest absolute Gasteiger partial charge is 0.416 e. The van der Waals surface area contributed by atoms with E-state index in [4.69, 9.17) is 14.2 Å². The monoisotopic (exact) mass is 582 g/mol. The molecule has 0 fully saturated rings. The Hall–Kier alpha value is -3.65. The largest absolute Gasteiger partial charge is 0.480 e. The SMILES string of the molecule is CCOC(=O)C(C)(C)Oc1ccc(OC(C2=C(C)CC=C(c3ccc(C(F)(F)F)cc3)S2)c2ccccc2)cc1C. The summed E-state index contributed by atoms with van der Waals surface area (Å²) in [4.78, 5) is 14.2. The van der Waals surface area contributed by atoms with Gasteiger partial charge in [-0.3, -0.25) is 0 Å². The molecule has 0 radical (unpaired) electrons. The third-order valence-electron chi connectivity index (χ3n) is 6.60. The molecular weight excluding hydrogens is 549 g/mol. The van der Waals surface area contributed by atoms with Crippen LogP contribution in [-0.4, -0.2) is 18.2 Å². The Morgan fingerprint density at radius 2 is 1.66 bits per heavy atom. The summed E-state index contributed by atoms with van der Waals surface area (Å²) in [7, 11) is 0. The van der Waals surface area contributed by atoms with Crippen molar-refractivity contribution in [3.8, 4) is 11.5 Å². The van der Waals surface area contributed by atoms with E-state index in [1.165, 1.54) is 23.9 Å². The minimum absolute atomic E-state index is 0.265. The number of carbonyl (C=O) groups excluding carboxylic acids is 1. The highest BCUT2D eigenvalue weighted by molar-refractivity contribution is 8.11. The van der Waals surface area contributed by atoms with Crippen molar-refractivity contribution in [3.05, 3.63) is 112 Å². The first-order valence-electron chi connectivity index (χ1n) is 13.3. The van der Waals surface area contributed by atoms with Crippen LogP contribution in [0.15, 0.2) is 89.4 Å². The van der Waals surface area contributed by atoms with E-state index in [1.807, 2.05) is 56.3 Å². The molecule has 216 valence electrons. The average molecular weight is 583 g/mol. The number of carbonyl (C=O) groups is 1. The van der Waals surface area contributed by atoms with Crippen LogP contribution in [0.2, 0.25) is 0 Å². The average Bonchev–Trinajstić information content (AvgIpc) is 2.94. The zero-order valence-corrected chi connectivity index (χ0v) is 24.5. The van der Waals surface area contributed by atoms with Crippen molar-refractivity contribution in [1.82, 2.24) is 0 Å². The highest BCUT2D eigenvalue weighted by Crippen LogP contribution is 2.48. The minimum atomic E-state index is -4.38. The van der Waals surface area contributed by atoms with Crippen LogP contribution < -0.4 is 9.47 Å². The normalized spacial score (nSPS) is 14.8. The molecule has 1 heterocycles. The van der Waals surface area contributed by atoms with Crippen LogP contribution in [0.3, 0.4) is 0 Å². The number of ether oxygens (including phenoxy) is 3. The molecule has 3 aromatic carbocycles. The number of benzene rings is 3. The summed E-state index contributed by atoms with van der Waals surface area (Å²) < 4.78 is 57.0. The van der Waals surface area contributed by atoms with Crippen molar-refractivity contribution in [3.63, 3.8) is 0 Å². The van der Waals surface area contributed by atoms with Crippen LogP contribution >= 0.6 is 11.8 Å². The lowest BCUT2D eigenvalue weighted by atomic mass is 10.0. The summed E-state index contributed by atoms with van der Waals surface area (Å²) >= 11 is 1.51. The molecule has 8 heteroatoms. The van der Waals surface area contributed by atoms with Gasteiger partial charge in [-0.1, -0.05) is 65.9 Å². The van der Waals surface area contributed by atoms with Gasteiger partial charge < -0.3 is 14.2 Å². The molecule has 0 N–H and O–H groups in total. The molecule has 0 spiro atoms. The summed E-state index contributed by atoms with van der Waals surface area (Å²) in [6, 6.07) is 20.5. The fourth-order valence-corrected chi connectivity index (χ4v) is 5.55. The van der Waals surface area contributed by atoms with E-state index in [2.05, 4.69) is 0 Å². The summed E-state index contributed by atoms with van der Waals surface area (Å²) in [5.41, 5.74) is 1.75. The number of halogens is 3. The van der Waals surface area contributed by atoms with Crippen LogP contribution in [0.4, 0.5) is 13.2 Å². The van der Waals surface area contributed by atoms with Crippen LogP contribution in [-0.2, 0) is 15.7 Å². The number of allylic oxidation sites excluding steroid dienone is 2. The van der Waals surface area contributed by atoms with Gasteiger partial charge in [0.15, 0.2) is 11.7 Å². The second-order valence-electron chi connectivity index (χ2n) is 10.3. The van der Waals surface area contributed by atoms with Gasteiger partial charge in [-0.05, 0) is 88.1 Å². The minimum Gasteiger partial charge on any atom is -0.480 e. The molecule has 4 rings (SSSR count). The van der Waals surface area contributed by atoms with E-state index in [0.29, 0.717) is 17.9 Å². The molecule has 0 aliphatic carbocycles. The van der Waals surface area contributed by atoms with Gasteiger partial charge >= 0.3 is 12.1 Å². The van der Waals surface area contributed by atoms with E-state index < -0.39 is 29.4 Å². The maximum atomic E-state index is 13.1. The number of aryl methyl sites for hydroxylation is 1. The second kappa shape index (κ2) is 12.5. The lowest BCUT2D eigenvalue weighted by Crippen LogP contribution is -2.39. The fraction of sp³-hybridized carbons (Fsp3) is 0.303. The molecule has 1 unspecified atom stereocenters. The third-order valence-corrected chi connectivity index (χ3v) is 8.01. The lowest BCUT2D eigenvalue weighted by Gasteiger charge is -2.28. The van der Waals surface area contributed by atoms with Crippen molar-refractivity contribution in [2.75, 3.05) is 6.61 Å². The Balaban J connectivity index is 1.60. The summed E-state index contributed by atoms with van der Waals surface area (Å²) in [5, 5.41) is 0. The molecular formula is C33H33F3O4S. The van der Waals surface area contributed by atoms with Crippen molar-refractivity contribution in [2.24, 2.45) is 0 Å². The molecule has 0 saturated carbocycles. The van der Waals surface area contributed by atoms with Gasteiger partial charge in [0, 0.05) is 9.81 Å². The molecule has 0 saturated heterocycles. The van der Waals surface area contributed by atoms with Crippen LogP contribution in [0.5, 0.6) is 11.5 Å². The number of hydrogen-bond acceptors (Lipinski definition) is 5. The number of rotatable bonds is 9. The molecule has 1 aliphatic rings. The molecule has 4 nitrogen and oxygen atoms in total. The molecule has 0 bridgehead atoms. The van der Waals surface area contributed by atoms with Gasteiger partial charge in [-0.15, -0.1) is 0 Å². The maximum absolute atomic E-state index is 13.1. The van der Waals surface area contributed by atoms with Gasteiger partial charge in [0.05, 0.1) is 12.2 Å². The zero-order valence-electron chi connectivity index (χ0n) is 23.7. The van der Waals surface area contributed by atoms with E-state index >= 15 is 0 Å². The van der Waals surface area contributed by atoms with Gasteiger partial charge in [0.25, 0.3) is 0 Å². The van der Waals surface area contributed by atoms with Gasteiger partial charge in [0.1, 0.15) is 11.5 Å². The van der Waals surface area contributed by atoms with Gasteiger partial charge in [-0.25, -0.2) is 4.79 Å². The number of alkyl halides is 3. The fourth-order valence-electron chi connectivity index (χ4n) is 4.34. The first kappa shape index (κ1) is 30.3. The highest BCUT2D eigenvalue weighted by atomic mass is 32.2. The molecule has 0 aromatic heterocycles. The molecule has 1 atom stereocenters. The van der Waals surface area contributed by atoms with Crippen molar-refractivity contribution >= 4 is 22.6 Å². The summed E-state index contributed by atoms with van der Waals surface area (Å²) in [6.45, 7) is 9.27. The van der Waals surface area contributed by atoms with Crippen LogP contribution in [0, 0.1) is 6.92 Å². The van der Waals surface area contributed by atoms with Crippen molar-refractivity contribution in [2.45, 2.75) is 58.9 Å². The zero-order chi connectivity index (χ0) is 29.8. The topological polar surface area (TPSA) is 44.8 Å². The Morgan fingerprint density at radius 1 is 0.976 bits per heavy atom. The highest BCUT2D eigenvalue weighted by Gasteiger charge is 2.33. The quantitative estimate of drug-likeness (QED) is 0.235.